The van der Waals surface area contributed by atoms with Crippen LogP contribution in [0.4, 0.5) is 0 Å². The zero-order valence-corrected chi connectivity index (χ0v) is 16.2. The van der Waals surface area contributed by atoms with Crippen molar-refractivity contribution in [2.75, 3.05) is 6.61 Å². The van der Waals surface area contributed by atoms with E-state index < -0.39 is 0 Å². The molecule has 0 radical (unpaired) electrons. The fourth-order valence-electron chi connectivity index (χ4n) is 3.07. The molecule has 0 amide bonds. The first-order valence-electron chi connectivity index (χ1n) is 8.68. The van der Waals surface area contributed by atoms with Crippen LogP contribution in [0.15, 0.2) is 40.9 Å². The number of esters is 1. The van der Waals surface area contributed by atoms with Crippen LogP contribution in [0.2, 0.25) is 0 Å². The number of aromatic nitrogens is 3. The van der Waals surface area contributed by atoms with Crippen molar-refractivity contribution < 1.29 is 14.1 Å². The average Bonchev–Trinajstić information content (AvgIpc) is 3.33. The van der Waals surface area contributed by atoms with Crippen molar-refractivity contribution in [1.29, 1.82) is 0 Å². The van der Waals surface area contributed by atoms with Gasteiger partial charge in [0.1, 0.15) is 15.5 Å². The minimum Gasteiger partial charge on any atom is -0.461 e. The summed E-state index contributed by atoms with van der Waals surface area (Å²) in [5, 5.41) is 9.49. The molecule has 27 heavy (non-hydrogen) atoms. The fourth-order valence-corrected chi connectivity index (χ4v) is 4.14. The number of carbonyl (C=O) groups excluding carboxylic acids is 1. The van der Waals surface area contributed by atoms with E-state index in [-0.39, 0.29) is 5.97 Å². The van der Waals surface area contributed by atoms with Gasteiger partial charge in [-0.1, -0.05) is 23.4 Å². The van der Waals surface area contributed by atoms with Gasteiger partial charge in [-0.2, -0.15) is 5.10 Å². The minimum absolute atomic E-state index is 0.291. The van der Waals surface area contributed by atoms with Gasteiger partial charge in [0.2, 0.25) is 0 Å². The number of thiophene rings is 1. The Morgan fingerprint density at radius 3 is 2.67 bits per heavy atom. The number of benzene rings is 1. The summed E-state index contributed by atoms with van der Waals surface area (Å²) < 4.78 is 12.5. The number of aryl methyl sites for hydroxylation is 3. The second-order valence-corrected chi connectivity index (χ2v) is 7.38. The van der Waals surface area contributed by atoms with Gasteiger partial charge >= 0.3 is 5.97 Å². The van der Waals surface area contributed by atoms with E-state index in [1.807, 2.05) is 61.9 Å². The predicted octanol–water partition coefficient (Wildman–Crippen LogP) is 4.40. The summed E-state index contributed by atoms with van der Waals surface area (Å²) in [6.45, 7) is 5.99. The topological polar surface area (TPSA) is 70.2 Å². The number of para-hydroxylation sites is 1. The monoisotopic (exact) mass is 381 g/mol. The van der Waals surface area contributed by atoms with E-state index in [0.29, 0.717) is 17.9 Å². The van der Waals surface area contributed by atoms with Crippen LogP contribution < -0.4 is 0 Å². The second kappa shape index (κ2) is 7.00. The third-order valence-electron chi connectivity index (χ3n) is 4.51. The highest BCUT2D eigenvalue weighted by Crippen LogP contribution is 2.30. The van der Waals surface area contributed by atoms with Gasteiger partial charge in [0.15, 0.2) is 0 Å². The van der Waals surface area contributed by atoms with Crippen LogP contribution in [0.3, 0.4) is 0 Å². The van der Waals surface area contributed by atoms with E-state index in [2.05, 4.69) is 10.3 Å². The van der Waals surface area contributed by atoms with Crippen molar-refractivity contribution in [2.45, 2.75) is 27.2 Å². The molecule has 138 valence electrons. The van der Waals surface area contributed by atoms with E-state index >= 15 is 0 Å². The Balaban J connectivity index is 1.53. The summed E-state index contributed by atoms with van der Waals surface area (Å²) in [6.07, 6.45) is 0.592. The van der Waals surface area contributed by atoms with E-state index in [1.165, 1.54) is 11.3 Å². The van der Waals surface area contributed by atoms with Gasteiger partial charge < -0.3 is 9.26 Å². The number of rotatable bonds is 5. The molecular formula is C20H19N3O3S. The maximum atomic E-state index is 12.5. The summed E-state index contributed by atoms with van der Waals surface area (Å²) in [5.41, 5.74) is 3.69. The van der Waals surface area contributed by atoms with Crippen LogP contribution >= 0.6 is 11.3 Å². The number of carbonyl (C=O) groups is 1. The SMILES string of the molecule is Cc1noc(C)c1CCOC(=O)c1cc2c(C)nn(-c3ccccc3)c2s1. The maximum Gasteiger partial charge on any atom is 0.348 e. The van der Waals surface area contributed by atoms with Crippen LogP contribution in [0.1, 0.15) is 32.4 Å². The maximum absolute atomic E-state index is 12.5. The van der Waals surface area contributed by atoms with E-state index in [0.717, 1.165) is 38.6 Å². The van der Waals surface area contributed by atoms with Crippen molar-refractivity contribution in [3.05, 3.63) is 64.0 Å². The Morgan fingerprint density at radius 2 is 1.96 bits per heavy atom. The first kappa shape index (κ1) is 17.5. The Morgan fingerprint density at radius 1 is 1.19 bits per heavy atom. The molecule has 0 spiro atoms. The first-order chi connectivity index (χ1) is 13.0. The molecule has 1 aromatic carbocycles. The standard InChI is InChI=1S/C20H19N3O3S/c1-12-17-11-18(20(24)25-10-9-16-13(2)22-26-14(16)3)27-19(17)23(21-12)15-7-5-4-6-8-15/h4-8,11H,9-10H2,1-3H3. The lowest BCUT2D eigenvalue weighted by molar-refractivity contribution is 0.0514. The molecule has 0 N–H and O–H groups in total. The highest BCUT2D eigenvalue weighted by atomic mass is 32.1. The quantitative estimate of drug-likeness (QED) is 0.479. The van der Waals surface area contributed by atoms with Crippen molar-refractivity contribution in [1.82, 2.24) is 14.9 Å². The third-order valence-corrected chi connectivity index (χ3v) is 5.60. The van der Waals surface area contributed by atoms with Crippen LogP contribution in [0.5, 0.6) is 0 Å². The molecule has 0 aliphatic rings. The zero-order chi connectivity index (χ0) is 19.0. The molecule has 7 heteroatoms. The summed E-state index contributed by atoms with van der Waals surface area (Å²) in [7, 11) is 0. The molecule has 0 bridgehead atoms. The molecule has 3 heterocycles. The lowest BCUT2D eigenvalue weighted by Gasteiger charge is -2.03. The summed E-state index contributed by atoms with van der Waals surface area (Å²) in [6, 6.07) is 11.7. The molecule has 4 rings (SSSR count). The lowest BCUT2D eigenvalue weighted by Crippen LogP contribution is -2.07. The largest absolute Gasteiger partial charge is 0.461 e. The van der Waals surface area contributed by atoms with Crippen molar-refractivity contribution in [2.24, 2.45) is 0 Å². The van der Waals surface area contributed by atoms with Crippen molar-refractivity contribution in [3.8, 4) is 5.69 Å². The first-order valence-corrected chi connectivity index (χ1v) is 9.49. The lowest BCUT2D eigenvalue weighted by atomic mass is 10.1. The van der Waals surface area contributed by atoms with Gasteiger partial charge in [-0.15, -0.1) is 11.3 Å². The van der Waals surface area contributed by atoms with Gasteiger partial charge in [-0.3, -0.25) is 0 Å². The molecule has 3 aromatic heterocycles. The zero-order valence-electron chi connectivity index (χ0n) is 15.4. The molecule has 0 aliphatic carbocycles. The van der Waals surface area contributed by atoms with Gasteiger partial charge in [0.25, 0.3) is 0 Å². The summed E-state index contributed by atoms with van der Waals surface area (Å²) in [5.74, 6) is 0.450. The van der Waals surface area contributed by atoms with Crippen LogP contribution in [0, 0.1) is 20.8 Å². The number of nitrogens with zero attached hydrogens (tertiary/aromatic N) is 3. The van der Waals surface area contributed by atoms with Crippen molar-refractivity contribution >= 4 is 27.5 Å². The predicted molar refractivity (Wildman–Crippen MR) is 104 cm³/mol. The number of ether oxygens (including phenoxy) is 1. The summed E-state index contributed by atoms with van der Waals surface area (Å²) >= 11 is 1.40. The molecule has 0 fully saturated rings. The number of fused-ring (bicyclic) bond motifs is 1. The van der Waals surface area contributed by atoms with Crippen LogP contribution in [-0.4, -0.2) is 27.5 Å². The van der Waals surface area contributed by atoms with Gasteiger partial charge in [0, 0.05) is 17.4 Å². The Bertz CT molecular complexity index is 1090. The normalized spacial score (nSPS) is 11.2. The molecule has 0 aliphatic heterocycles. The molecule has 0 atom stereocenters. The van der Waals surface area contributed by atoms with Crippen LogP contribution in [0.25, 0.3) is 15.9 Å². The molecule has 4 aromatic rings. The van der Waals surface area contributed by atoms with E-state index in [1.54, 1.807) is 0 Å². The molecule has 6 nitrogen and oxygen atoms in total. The van der Waals surface area contributed by atoms with Gasteiger partial charge in [-0.05, 0) is 39.0 Å². The Kier molecular flexibility index (Phi) is 4.53. The average molecular weight is 381 g/mol. The van der Waals surface area contributed by atoms with Crippen molar-refractivity contribution in [3.63, 3.8) is 0 Å². The highest BCUT2D eigenvalue weighted by molar-refractivity contribution is 7.20. The van der Waals surface area contributed by atoms with Gasteiger partial charge in [0.05, 0.1) is 23.7 Å². The molecule has 0 saturated carbocycles. The molecular weight excluding hydrogens is 362 g/mol. The van der Waals surface area contributed by atoms with Crippen LogP contribution in [-0.2, 0) is 11.2 Å². The Hall–Kier alpha value is -2.93. The summed E-state index contributed by atoms with van der Waals surface area (Å²) in [4.78, 5) is 14.0. The van der Waals surface area contributed by atoms with E-state index in [4.69, 9.17) is 9.26 Å². The Labute approximate surface area is 160 Å². The highest BCUT2D eigenvalue weighted by Gasteiger charge is 2.18. The fraction of sp³-hybridized carbons (Fsp3) is 0.250. The smallest absolute Gasteiger partial charge is 0.348 e. The number of hydrogen-bond acceptors (Lipinski definition) is 6. The third kappa shape index (κ3) is 3.26. The molecule has 0 saturated heterocycles. The second-order valence-electron chi connectivity index (χ2n) is 6.35. The minimum atomic E-state index is -0.318. The van der Waals surface area contributed by atoms with Gasteiger partial charge in [-0.25, -0.2) is 9.48 Å². The molecule has 0 unspecified atom stereocenters. The van der Waals surface area contributed by atoms with E-state index in [9.17, 15) is 4.79 Å². The number of hydrogen-bond donors (Lipinski definition) is 0.